The third kappa shape index (κ3) is 2.21. The molecule has 0 aromatic heterocycles. The van der Waals surface area contributed by atoms with Crippen molar-refractivity contribution >= 4 is 28.4 Å². The normalized spacial score (nSPS) is 13.6. The van der Waals surface area contributed by atoms with Crippen LogP contribution in [0.25, 0.3) is 0 Å². The van der Waals surface area contributed by atoms with E-state index in [4.69, 9.17) is 25.9 Å². The van der Waals surface area contributed by atoms with Gasteiger partial charge in [-0.3, -0.25) is 4.79 Å². The zero-order valence-electron chi connectivity index (χ0n) is 7.47. The van der Waals surface area contributed by atoms with Gasteiger partial charge in [-0.1, -0.05) is 12.1 Å². The van der Waals surface area contributed by atoms with Crippen molar-refractivity contribution in [2.24, 2.45) is 0 Å². The van der Waals surface area contributed by atoms with E-state index in [2.05, 4.69) is 0 Å². The Bertz CT molecular complexity index is 316. The molecule has 0 unspecified atom stereocenters. The van der Waals surface area contributed by atoms with Crippen LogP contribution < -0.4 is 0 Å². The van der Waals surface area contributed by atoms with Gasteiger partial charge in [-0.25, -0.2) is 0 Å². The molecule has 0 aliphatic rings. The molecule has 0 aliphatic heterocycles. The average molecular weight is 191 g/mol. The molecule has 1 nitrogen and oxygen atoms in total. The summed E-state index contributed by atoms with van der Waals surface area (Å²) in [5.41, 5.74) is 0.627. The molecule has 0 spiro atoms. The standard InChI is InChI=1S/C8H6Cl2O/c9-5-6-1-3-7(4-2-6)8(10)11/h1-4H,5H2/i5D2. The third-order valence-corrected chi connectivity index (χ3v) is 1.66. The Morgan fingerprint density at radius 3 is 2.36 bits per heavy atom. The summed E-state index contributed by atoms with van der Waals surface area (Å²) in [5.74, 6) is -1.91. The summed E-state index contributed by atoms with van der Waals surface area (Å²) in [7, 11) is 0. The van der Waals surface area contributed by atoms with Gasteiger partial charge in [0.25, 0.3) is 5.24 Å². The fourth-order valence-corrected chi connectivity index (χ4v) is 0.916. The van der Waals surface area contributed by atoms with E-state index < -0.39 is 11.1 Å². The van der Waals surface area contributed by atoms with E-state index in [1.807, 2.05) is 0 Å². The van der Waals surface area contributed by atoms with E-state index in [0.717, 1.165) is 0 Å². The Kier molecular flexibility index (Phi) is 2.06. The maximum atomic E-state index is 10.6. The lowest BCUT2D eigenvalue weighted by Gasteiger charge is -1.95. The van der Waals surface area contributed by atoms with Crippen LogP contribution in [0.5, 0.6) is 0 Å². The van der Waals surface area contributed by atoms with Gasteiger partial charge >= 0.3 is 0 Å². The van der Waals surface area contributed by atoms with Crippen molar-refractivity contribution in [1.29, 1.82) is 0 Å². The minimum absolute atomic E-state index is 0.302. The van der Waals surface area contributed by atoms with E-state index in [9.17, 15) is 4.79 Å². The highest BCUT2D eigenvalue weighted by Crippen LogP contribution is 2.08. The zero-order valence-corrected chi connectivity index (χ0v) is 6.99. The Hall–Kier alpha value is -0.530. The molecule has 0 fully saturated rings. The second-order valence-electron chi connectivity index (χ2n) is 1.95. The number of halogens is 2. The molecule has 0 heterocycles. The predicted octanol–water partition coefficient (Wildman–Crippen LogP) is 2.80. The molecule has 1 rings (SSSR count). The fourth-order valence-electron chi connectivity index (χ4n) is 0.664. The minimum atomic E-state index is -1.91. The molecule has 0 amide bonds. The van der Waals surface area contributed by atoms with Crippen LogP contribution in [0.4, 0.5) is 0 Å². The molecular weight excluding hydrogens is 183 g/mol. The second-order valence-corrected chi connectivity index (χ2v) is 2.48. The molecule has 11 heavy (non-hydrogen) atoms. The molecule has 58 valence electrons. The van der Waals surface area contributed by atoms with Gasteiger partial charge < -0.3 is 0 Å². The first kappa shape index (κ1) is 6.04. The Morgan fingerprint density at radius 2 is 2.00 bits per heavy atom. The summed E-state index contributed by atoms with van der Waals surface area (Å²) >= 11 is 10.6. The third-order valence-electron chi connectivity index (χ3n) is 1.22. The predicted molar refractivity (Wildman–Crippen MR) is 46.2 cm³/mol. The smallest absolute Gasteiger partial charge is 0.252 e. The summed E-state index contributed by atoms with van der Waals surface area (Å²) in [6.07, 6.45) is 0. The highest BCUT2D eigenvalue weighted by molar-refractivity contribution is 6.67. The number of rotatable bonds is 2. The highest BCUT2D eigenvalue weighted by atomic mass is 35.5. The first-order valence-corrected chi connectivity index (χ1v) is 3.66. The van der Waals surface area contributed by atoms with Crippen molar-refractivity contribution in [2.45, 2.75) is 5.83 Å². The summed E-state index contributed by atoms with van der Waals surface area (Å²) in [6, 6.07) is 5.74. The lowest BCUT2D eigenvalue weighted by Crippen LogP contribution is -1.87. The molecule has 0 radical (unpaired) electrons. The van der Waals surface area contributed by atoms with E-state index >= 15 is 0 Å². The molecule has 0 atom stereocenters. The van der Waals surface area contributed by atoms with E-state index in [0.29, 0.717) is 11.1 Å². The van der Waals surface area contributed by atoms with Crippen molar-refractivity contribution in [2.75, 3.05) is 0 Å². The summed E-state index contributed by atoms with van der Waals surface area (Å²) in [4.78, 5) is 10.6. The lowest BCUT2D eigenvalue weighted by atomic mass is 10.2. The molecule has 0 aliphatic carbocycles. The maximum absolute atomic E-state index is 10.6. The number of carbonyl (C=O) groups is 1. The minimum Gasteiger partial charge on any atom is -0.276 e. The SMILES string of the molecule is [2H]C([2H])(Cl)c1ccc(C(=O)Cl)cc1. The van der Waals surface area contributed by atoms with Gasteiger partial charge in [0.1, 0.15) is 0 Å². The fraction of sp³-hybridized carbons (Fsp3) is 0.125. The van der Waals surface area contributed by atoms with E-state index in [1.54, 1.807) is 0 Å². The van der Waals surface area contributed by atoms with Gasteiger partial charge in [-0.2, -0.15) is 0 Å². The topological polar surface area (TPSA) is 17.1 Å². The van der Waals surface area contributed by atoms with Gasteiger partial charge in [0.2, 0.25) is 0 Å². The summed E-state index contributed by atoms with van der Waals surface area (Å²) < 4.78 is 14.3. The molecule has 1 aromatic carbocycles. The van der Waals surface area contributed by atoms with Crippen molar-refractivity contribution < 1.29 is 7.54 Å². The van der Waals surface area contributed by atoms with Gasteiger partial charge in [-0.05, 0) is 29.3 Å². The molecule has 0 saturated heterocycles. The number of alkyl halides is 1. The average Bonchev–Trinajstić information content (AvgIpc) is 2.03. The number of benzene rings is 1. The largest absolute Gasteiger partial charge is 0.276 e. The van der Waals surface area contributed by atoms with Crippen LogP contribution in [0.15, 0.2) is 24.3 Å². The number of hydrogen-bond donors (Lipinski definition) is 0. The molecular formula is C8H6Cl2O. The Labute approximate surface area is 77.7 Å². The van der Waals surface area contributed by atoms with Crippen molar-refractivity contribution in [3.8, 4) is 0 Å². The second kappa shape index (κ2) is 3.74. The molecule has 0 saturated carbocycles. The first-order chi connectivity index (χ1) is 5.91. The Balaban J connectivity index is 3.01. The zero-order chi connectivity index (χ0) is 10.1. The molecule has 0 N–H and O–H groups in total. The Morgan fingerprint density at radius 1 is 1.45 bits per heavy atom. The van der Waals surface area contributed by atoms with Crippen LogP contribution in [0.2, 0.25) is 0 Å². The maximum Gasteiger partial charge on any atom is 0.252 e. The molecule has 1 aromatic rings. The highest BCUT2D eigenvalue weighted by Gasteiger charge is 1.99. The summed E-state index contributed by atoms with van der Waals surface area (Å²) in [5, 5.41) is -0.568. The lowest BCUT2D eigenvalue weighted by molar-refractivity contribution is 0.108. The van der Waals surface area contributed by atoms with Gasteiger partial charge in [-0.15, -0.1) is 11.6 Å². The van der Waals surface area contributed by atoms with Crippen LogP contribution in [-0.2, 0) is 5.83 Å². The van der Waals surface area contributed by atoms with Gasteiger partial charge in [0.05, 0.1) is 0 Å². The quantitative estimate of drug-likeness (QED) is 0.518. The monoisotopic (exact) mass is 190 g/mol. The number of hydrogen-bond acceptors (Lipinski definition) is 1. The number of carbonyl (C=O) groups excluding carboxylic acids is 1. The van der Waals surface area contributed by atoms with Crippen LogP contribution in [0, 0.1) is 0 Å². The van der Waals surface area contributed by atoms with Crippen LogP contribution in [0.3, 0.4) is 0 Å². The molecule has 0 bridgehead atoms. The van der Waals surface area contributed by atoms with E-state index in [1.165, 1.54) is 24.3 Å². The van der Waals surface area contributed by atoms with Gasteiger partial charge in [0, 0.05) is 14.1 Å². The van der Waals surface area contributed by atoms with Crippen LogP contribution in [-0.4, -0.2) is 5.24 Å². The first-order valence-electron chi connectivity index (χ1n) is 3.90. The van der Waals surface area contributed by atoms with Crippen molar-refractivity contribution in [1.82, 2.24) is 0 Å². The van der Waals surface area contributed by atoms with Gasteiger partial charge in [0.15, 0.2) is 0 Å². The van der Waals surface area contributed by atoms with Crippen molar-refractivity contribution in [3.05, 3.63) is 35.4 Å². The summed E-state index contributed by atoms with van der Waals surface area (Å²) in [6.45, 7) is 0. The van der Waals surface area contributed by atoms with Crippen LogP contribution >= 0.6 is 23.2 Å². The molecule has 3 heteroatoms. The van der Waals surface area contributed by atoms with Crippen LogP contribution in [0.1, 0.15) is 18.7 Å². The van der Waals surface area contributed by atoms with Crippen molar-refractivity contribution in [3.63, 3.8) is 0 Å². The van der Waals surface area contributed by atoms with E-state index in [-0.39, 0.29) is 0 Å².